The third-order valence-electron chi connectivity index (χ3n) is 1.92. The van der Waals surface area contributed by atoms with Crippen LogP contribution in [-0.4, -0.2) is 11.9 Å². The quantitative estimate of drug-likeness (QED) is 0.836. The minimum absolute atomic E-state index is 0. The third-order valence-corrected chi connectivity index (χ3v) is 2.31. The van der Waals surface area contributed by atoms with Gasteiger partial charge in [0, 0.05) is 17.9 Å². The predicted octanol–water partition coefficient (Wildman–Crippen LogP) is 3.45. The molecule has 0 spiro atoms. The molecular formula is C10H14Br2FN. The normalized spacial score (nSPS) is 11.9. The number of alkyl halides is 1. The molecule has 0 saturated heterocycles. The molecule has 0 radical (unpaired) electrons. The zero-order valence-corrected chi connectivity index (χ0v) is 11.3. The molecule has 1 atom stereocenters. The van der Waals surface area contributed by atoms with E-state index in [2.05, 4.69) is 28.2 Å². The van der Waals surface area contributed by atoms with Gasteiger partial charge in [0.15, 0.2) is 0 Å². The summed E-state index contributed by atoms with van der Waals surface area (Å²) >= 11 is 3.34. The Balaban J connectivity index is 0.00000169. The summed E-state index contributed by atoms with van der Waals surface area (Å²) in [6.07, 6.45) is 0. The Morgan fingerprint density at radius 2 is 1.93 bits per heavy atom. The van der Waals surface area contributed by atoms with Crippen LogP contribution in [0.1, 0.15) is 18.5 Å². The van der Waals surface area contributed by atoms with Gasteiger partial charge in [-0.25, -0.2) is 4.39 Å². The van der Waals surface area contributed by atoms with Crippen molar-refractivity contribution in [2.24, 2.45) is 0 Å². The maximum Gasteiger partial charge on any atom is 0.123 e. The smallest absolute Gasteiger partial charge is 0.123 e. The second kappa shape index (κ2) is 7.37. The molecule has 0 aliphatic rings. The number of benzene rings is 1. The molecule has 0 unspecified atom stereocenters. The summed E-state index contributed by atoms with van der Waals surface area (Å²) in [5.74, 6) is -0.184. The topological polar surface area (TPSA) is 12.0 Å². The predicted molar refractivity (Wildman–Crippen MR) is 66.9 cm³/mol. The number of hydrogen-bond donors (Lipinski definition) is 1. The van der Waals surface area contributed by atoms with Crippen LogP contribution in [0, 0.1) is 5.82 Å². The van der Waals surface area contributed by atoms with Crippen molar-refractivity contribution in [3.63, 3.8) is 0 Å². The van der Waals surface area contributed by atoms with Gasteiger partial charge in [0.25, 0.3) is 0 Å². The second-order valence-electron chi connectivity index (χ2n) is 2.92. The first-order valence-corrected chi connectivity index (χ1v) is 5.41. The second-order valence-corrected chi connectivity index (χ2v) is 3.71. The summed E-state index contributed by atoms with van der Waals surface area (Å²) in [5.41, 5.74) is 1.11. The van der Waals surface area contributed by atoms with Gasteiger partial charge in [-0.05, 0) is 24.6 Å². The number of nitrogens with one attached hydrogen (secondary N) is 1. The molecule has 0 saturated carbocycles. The van der Waals surface area contributed by atoms with Crippen LogP contribution in [-0.2, 0) is 0 Å². The average molecular weight is 327 g/mol. The SMILES string of the molecule is Br.C[C@H](NCCBr)c1ccc(F)cc1. The molecule has 80 valence electrons. The molecule has 1 nitrogen and oxygen atoms in total. The highest BCUT2D eigenvalue weighted by molar-refractivity contribution is 9.09. The van der Waals surface area contributed by atoms with E-state index in [1.807, 2.05) is 0 Å². The first-order chi connectivity index (χ1) is 6.24. The van der Waals surface area contributed by atoms with Crippen LogP contribution < -0.4 is 5.32 Å². The molecule has 0 heterocycles. The van der Waals surface area contributed by atoms with E-state index in [0.717, 1.165) is 17.4 Å². The van der Waals surface area contributed by atoms with E-state index in [1.165, 1.54) is 12.1 Å². The van der Waals surface area contributed by atoms with E-state index in [1.54, 1.807) is 12.1 Å². The molecule has 0 amide bonds. The average Bonchev–Trinajstić information content (AvgIpc) is 2.15. The first kappa shape index (κ1) is 14.1. The van der Waals surface area contributed by atoms with Crippen molar-refractivity contribution >= 4 is 32.9 Å². The van der Waals surface area contributed by atoms with E-state index >= 15 is 0 Å². The maximum atomic E-state index is 12.6. The molecular weight excluding hydrogens is 313 g/mol. The molecule has 4 heteroatoms. The van der Waals surface area contributed by atoms with Crippen molar-refractivity contribution < 1.29 is 4.39 Å². The van der Waals surface area contributed by atoms with Crippen molar-refractivity contribution in [3.8, 4) is 0 Å². The van der Waals surface area contributed by atoms with Crippen molar-refractivity contribution in [2.75, 3.05) is 11.9 Å². The van der Waals surface area contributed by atoms with Crippen molar-refractivity contribution in [2.45, 2.75) is 13.0 Å². The van der Waals surface area contributed by atoms with Crippen LogP contribution in [0.2, 0.25) is 0 Å². The molecule has 0 aliphatic heterocycles. The van der Waals surface area contributed by atoms with E-state index in [9.17, 15) is 4.39 Å². The highest BCUT2D eigenvalue weighted by Gasteiger charge is 2.02. The van der Waals surface area contributed by atoms with Crippen LogP contribution in [0.4, 0.5) is 4.39 Å². The fourth-order valence-corrected chi connectivity index (χ4v) is 1.37. The third kappa shape index (κ3) is 4.53. The number of halogens is 3. The zero-order valence-electron chi connectivity index (χ0n) is 7.97. The van der Waals surface area contributed by atoms with E-state index in [-0.39, 0.29) is 28.8 Å². The molecule has 0 fully saturated rings. The molecule has 1 N–H and O–H groups in total. The van der Waals surface area contributed by atoms with Crippen LogP contribution in [0.25, 0.3) is 0 Å². The number of rotatable bonds is 4. The van der Waals surface area contributed by atoms with Crippen molar-refractivity contribution in [1.82, 2.24) is 5.32 Å². The maximum absolute atomic E-state index is 12.6. The Morgan fingerprint density at radius 1 is 1.36 bits per heavy atom. The Morgan fingerprint density at radius 3 is 2.43 bits per heavy atom. The van der Waals surface area contributed by atoms with Gasteiger partial charge in [0.05, 0.1) is 0 Å². The molecule has 1 aromatic carbocycles. The molecule has 0 bridgehead atoms. The van der Waals surface area contributed by atoms with Crippen LogP contribution in [0.3, 0.4) is 0 Å². The van der Waals surface area contributed by atoms with Gasteiger partial charge in [-0.3, -0.25) is 0 Å². The largest absolute Gasteiger partial charge is 0.309 e. The van der Waals surface area contributed by atoms with Gasteiger partial charge in [-0.1, -0.05) is 28.1 Å². The number of hydrogen-bond acceptors (Lipinski definition) is 1. The minimum atomic E-state index is -0.184. The first-order valence-electron chi connectivity index (χ1n) is 4.29. The van der Waals surface area contributed by atoms with Crippen LogP contribution in [0.15, 0.2) is 24.3 Å². The van der Waals surface area contributed by atoms with E-state index in [4.69, 9.17) is 0 Å². The summed E-state index contributed by atoms with van der Waals surface area (Å²) in [7, 11) is 0. The molecule has 1 rings (SSSR count). The van der Waals surface area contributed by atoms with E-state index in [0.29, 0.717) is 0 Å². The lowest BCUT2D eigenvalue weighted by atomic mass is 10.1. The summed E-state index contributed by atoms with van der Waals surface area (Å²) < 4.78 is 12.6. The summed E-state index contributed by atoms with van der Waals surface area (Å²) in [6.45, 7) is 2.98. The summed E-state index contributed by atoms with van der Waals surface area (Å²) in [4.78, 5) is 0. The van der Waals surface area contributed by atoms with Gasteiger partial charge < -0.3 is 5.32 Å². The Bertz CT molecular complexity index is 251. The highest BCUT2D eigenvalue weighted by atomic mass is 79.9. The van der Waals surface area contributed by atoms with E-state index < -0.39 is 0 Å². The van der Waals surface area contributed by atoms with Gasteiger partial charge >= 0.3 is 0 Å². The van der Waals surface area contributed by atoms with Gasteiger partial charge in [-0.15, -0.1) is 17.0 Å². The highest BCUT2D eigenvalue weighted by Crippen LogP contribution is 2.12. The van der Waals surface area contributed by atoms with Crippen molar-refractivity contribution in [1.29, 1.82) is 0 Å². The lowest BCUT2D eigenvalue weighted by molar-refractivity contribution is 0.595. The standard InChI is InChI=1S/C10H13BrFN.BrH/c1-8(13-7-6-11)9-2-4-10(12)5-3-9;/h2-5,8,13H,6-7H2,1H3;1H/t8-;/m0./s1. The fourth-order valence-electron chi connectivity index (χ4n) is 1.14. The van der Waals surface area contributed by atoms with Crippen LogP contribution in [0.5, 0.6) is 0 Å². The Hall–Kier alpha value is 0.0700. The van der Waals surface area contributed by atoms with Gasteiger partial charge in [-0.2, -0.15) is 0 Å². The van der Waals surface area contributed by atoms with Crippen molar-refractivity contribution in [3.05, 3.63) is 35.6 Å². The minimum Gasteiger partial charge on any atom is -0.309 e. The monoisotopic (exact) mass is 325 g/mol. The van der Waals surface area contributed by atoms with Crippen LogP contribution >= 0.6 is 32.9 Å². The molecule has 0 aliphatic carbocycles. The summed E-state index contributed by atoms with van der Waals surface area (Å²) in [6, 6.07) is 6.87. The molecule has 14 heavy (non-hydrogen) atoms. The Labute approximate surface area is 103 Å². The zero-order chi connectivity index (χ0) is 9.68. The van der Waals surface area contributed by atoms with Gasteiger partial charge in [0.2, 0.25) is 0 Å². The molecule has 1 aromatic rings. The molecule has 0 aromatic heterocycles. The summed E-state index contributed by atoms with van der Waals surface area (Å²) in [5, 5.41) is 4.23. The fraction of sp³-hybridized carbons (Fsp3) is 0.400. The van der Waals surface area contributed by atoms with Gasteiger partial charge in [0.1, 0.15) is 5.82 Å². The Kier molecular flexibility index (Phi) is 7.41. The lowest BCUT2D eigenvalue weighted by Gasteiger charge is -2.12. The lowest BCUT2D eigenvalue weighted by Crippen LogP contribution is -2.20.